The zero-order chi connectivity index (χ0) is 21.4. The number of fused-ring (bicyclic) bond motifs is 1. The van der Waals surface area contributed by atoms with Gasteiger partial charge in [-0.2, -0.15) is 0 Å². The Labute approximate surface area is 176 Å². The molecule has 7 heteroatoms. The van der Waals surface area contributed by atoms with E-state index in [0.717, 1.165) is 43.4 Å². The van der Waals surface area contributed by atoms with Crippen LogP contribution < -0.4 is 9.64 Å². The van der Waals surface area contributed by atoms with Gasteiger partial charge in [0.05, 0.1) is 12.3 Å². The van der Waals surface area contributed by atoms with Crippen LogP contribution in [0.1, 0.15) is 62.4 Å². The molecule has 2 aliphatic rings. The van der Waals surface area contributed by atoms with Gasteiger partial charge in [-0.3, -0.25) is 9.69 Å². The number of rotatable bonds is 5. The van der Waals surface area contributed by atoms with E-state index in [-0.39, 0.29) is 29.2 Å². The number of amides is 1. The van der Waals surface area contributed by atoms with E-state index in [9.17, 15) is 14.7 Å². The van der Waals surface area contributed by atoms with Crippen LogP contribution in [-0.4, -0.2) is 39.4 Å². The number of ether oxygens (including phenoxy) is 1. The fourth-order valence-corrected chi connectivity index (χ4v) is 4.43. The summed E-state index contributed by atoms with van der Waals surface area (Å²) >= 11 is 0. The summed E-state index contributed by atoms with van der Waals surface area (Å²) in [5, 5.41) is 14.4. The SMILES string of the molecule is CC1CCC(C(=O)N(c2nn(-c3ccc4c(c3)OCC4)cc2C(=O)O)C(C)C)CC1. The van der Waals surface area contributed by atoms with Crippen molar-refractivity contribution in [2.75, 3.05) is 11.5 Å². The van der Waals surface area contributed by atoms with E-state index in [1.54, 1.807) is 4.90 Å². The average Bonchev–Trinajstić information content (AvgIpc) is 3.35. The van der Waals surface area contributed by atoms with Crippen molar-refractivity contribution < 1.29 is 19.4 Å². The first-order valence-corrected chi connectivity index (χ1v) is 10.8. The second kappa shape index (κ2) is 8.13. The fraction of sp³-hybridized carbons (Fsp3) is 0.522. The molecule has 0 bridgehead atoms. The predicted molar refractivity (Wildman–Crippen MR) is 113 cm³/mol. The molecule has 1 aliphatic carbocycles. The summed E-state index contributed by atoms with van der Waals surface area (Å²) < 4.78 is 7.17. The minimum atomic E-state index is -1.09. The van der Waals surface area contributed by atoms with Gasteiger partial charge in [-0.15, -0.1) is 5.10 Å². The Hall–Kier alpha value is -2.83. The van der Waals surface area contributed by atoms with Gasteiger partial charge < -0.3 is 9.84 Å². The quantitative estimate of drug-likeness (QED) is 0.802. The Balaban J connectivity index is 1.70. The largest absolute Gasteiger partial charge is 0.493 e. The summed E-state index contributed by atoms with van der Waals surface area (Å²) in [7, 11) is 0. The topological polar surface area (TPSA) is 84.7 Å². The molecular weight excluding hydrogens is 382 g/mol. The lowest BCUT2D eigenvalue weighted by atomic mass is 9.82. The van der Waals surface area contributed by atoms with Crippen LogP contribution in [0.4, 0.5) is 5.82 Å². The molecule has 1 saturated carbocycles. The molecule has 160 valence electrons. The number of carboxylic acids is 1. The first-order valence-electron chi connectivity index (χ1n) is 10.8. The molecule has 2 heterocycles. The van der Waals surface area contributed by atoms with Crippen molar-refractivity contribution >= 4 is 17.7 Å². The van der Waals surface area contributed by atoms with Crippen molar-refractivity contribution in [3.63, 3.8) is 0 Å². The number of hydrogen-bond acceptors (Lipinski definition) is 4. The van der Waals surface area contributed by atoms with Crippen molar-refractivity contribution in [1.82, 2.24) is 9.78 Å². The minimum absolute atomic E-state index is 0.0260. The maximum Gasteiger partial charge on any atom is 0.341 e. The maximum atomic E-state index is 13.4. The van der Waals surface area contributed by atoms with E-state index < -0.39 is 5.97 Å². The molecule has 4 rings (SSSR count). The molecule has 7 nitrogen and oxygen atoms in total. The van der Waals surface area contributed by atoms with Gasteiger partial charge >= 0.3 is 5.97 Å². The summed E-state index contributed by atoms with van der Waals surface area (Å²) in [5.74, 6) is 0.449. The van der Waals surface area contributed by atoms with Crippen LogP contribution in [-0.2, 0) is 11.2 Å². The number of benzene rings is 1. The molecule has 1 fully saturated rings. The van der Waals surface area contributed by atoms with Gasteiger partial charge in [0.2, 0.25) is 5.91 Å². The molecule has 1 aromatic carbocycles. The third-order valence-electron chi connectivity index (χ3n) is 6.22. The molecule has 30 heavy (non-hydrogen) atoms. The number of aromatic carboxylic acids is 1. The monoisotopic (exact) mass is 411 g/mol. The maximum absolute atomic E-state index is 13.4. The van der Waals surface area contributed by atoms with Crippen molar-refractivity contribution in [3.05, 3.63) is 35.5 Å². The average molecular weight is 412 g/mol. The third-order valence-corrected chi connectivity index (χ3v) is 6.22. The highest BCUT2D eigenvalue weighted by Crippen LogP contribution is 2.33. The standard InChI is InChI=1S/C23H29N3O4/c1-14(2)26(22(27)17-6-4-15(3)5-7-17)21-19(23(28)29)13-25(24-21)18-9-8-16-10-11-30-20(16)12-18/h8-9,12-15,17H,4-7,10-11H2,1-3H3,(H,28,29). The van der Waals surface area contributed by atoms with Gasteiger partial charge in [0.25, 0.3) is 0 Å². The van der Waals surface area contributed by atoms with Gasteiger partial charge in [0.15, 0.2) is 5.82 Å². The van der Waals surface area contributed by atoms with E-state index in [1.165, 1.54) is 10.9 Å². The molecule has 0 saturated heterocycles. The summed E-state index contributed by atoms with van der Waals surface area (Å²) in [6.07, 6.45) is 6.09. The van der Waals surface area contributed by atoms with E-state index in [0.29, 0.717) is 18.2 Å². The fourth-order valence-electron chi connectivity index (χ4n) is 4.43. The van der Waals surface area contributed by atoms with Crippen LogP contribution in [0.25, 0.3) is 5.69 Å². The Morgan fingerprint density at radius 2 is 1.97 bits per heavy atom. The molecule has 0 spiro atoms. The molecule has 1 aromatic heterocycles. The molecule has 2 aromatic rings. The molecule has 0 atom stereocenters. The summed E-state index contributed by atoms with van der Waals surface area (Å²) in [6, 6.07) is 5.56. The number of carbonyl (C=O) groups is 2. The van der Waals surface area contributed by atoms with Crippen molar-refractivity contribution in [2.45, 2.75) is 58.9 Å². The number of anilines is 1. The third kappa shape index (κ3) is 3.80. The van der Waals surface area contributed by atoms with Gasteiger partial charge in [-0.1, -0.05) is 13.0 Å². The van der Waals surface area contributed by atoms with E-state index >= 15 is 0 Å². The highest BCUT2D eigenvalue weighted by atomic mass is 16.5. The Bertz CT molecular complexity index is 957. The number of aromatic nitrogens is 2. The van der Waals surface area contributed by atoms with Crippen LogP contribution in [0.5, 0.6) is 5.75 Å². The molecule has 1 amide bonds. The van der Waals surface area contributed by atoms with Crippen molar-refractivity contribution in [2.24, 2.45) is 11.8 Å². The first kappa shape index (κ1) is 20.4. The Kier molecular flexibility index (Phi) is 5.54. The van der Waals surface area contributed by atoms with Gasteiger partial charge in [0.1, 0.15) is 11.3 Å². The lowest BCUT2D eigenvalue weighted by molar-refractivity contribution is -0.123. The molecular formula is C23H29N3O4. The van der Waals surface area contributed by atoms with E-state index in [2.05, 4.69) is 12.0 Å². The number of nitrogens with zero attached hydrogens (tertiary/aromatic N) is 3. The lowest BCUT2D eigenvalue weighted by Gasteiger charge is -2.32. The lowest BCUT2D eigenvalue weighted by Crippen LogP contribution is -2.43. The molecule has 0 unspecified atom stereocenters. The van der Waals surface area contributed by atoms with Crippen molar-refractivity contribution in [3.8, 4) is 11.4 Å². The van der Waals surface area contributed by atoms with Gasteiger partial charge in [0, 0.05) is 30.6 Å². The van der Waals surface area contributed by atoms with Crippen LogP contribution in [0, 0.1) is 11.8 Å². The van der Waals surface area contributed by atoms with Crippen LogP contribution in [0.2, 0.25) is 0 Å². The van der Waals surface area contributed by atoms with E-state index in [4.69, 9.17) is 4.74 Å². The normalized spacial score (nSPS) is 20.7. The summed E-state index contributed by atoms with van der Waals surface area (Å²) in [4.78, 5) is 27.0. The molecule has 1 N–H and O–H groups in total. The van der Waals surface area contributed by atoms with Crippen LogP contribution in [0.3, 0.4) is 0 Å². The summed E-state index contributed by atoms with van der Waals surface area (Å²) in [5.41, 5.74) is 1.88. The van der Waals surface area contributed by atoms with Crippen LogP contribution >= 0.6 is 0 Å². The number of carbonyl (C=O) groups excluding carboxylic acids is 1. The van der Waals surface area contributed by atoms with Gasteiger partial charge in [-0.05, 0) is 57.1 Å². The van der Waals surface area contributed by atoms with E-state index in [1.807, 2.05) is 32.0 Å². The summed E-state index contributed by atoms with van der Waals surface area (Å²) in [6.45, 7) is 6.67. The highest BCUT2D eigenvalue weighted by Gasteiger charge is 2.34. The van der Waals surface area contributed by atoms with Crippen LogP contribution in [0.15, 0.2) is 24.4 Å². The first-order chi connectivity index (χ1) is 14.3. The second-order valence-corrected chi connectivity index (χ2v) is 8.77. The zero-order valence-electron chi connectivity index (χ0n) is 17.8. The predicted octanol–water partition coefficient (Wildman–Crippen LogP) is 4.07. The number of carboxylic acid groups (broad SMARTS) is 1. The zero-order valence-corrected chi connectivity index (χ0v) is 17.8. The van der Waals surface area contributed by atoms with Crippen molar-refractivity contribution in [1.29, 1.82) is 0 Å². The smallest absolute Gasteiger partial charge is 0.341 e. The minimum Gasteiger partial charge on any atom is -0.493 e. The Morgan fingerprint density at radius 1 is 1.23 bits per heavy atom. The highest BCUT2D eigenvalue weighted by molar-refractivity contribution is 6.01. The second-order valence-electron chi connectivity index (χ2n) is 8.77. The number of hydrogen-bond donors (Lipinski definition) is 1. The molecule has 1 aliphatic heterocycles. The van der Waals surface area contributed by atoms with Gasteiger partial charge in [-0.25, -0.2) is 9.48 Å². The Morgan fingerprint density at radius 3 is 2.63 bits per heavy atom. The molecule has 0 radical (unpaired) electrons.